The van der Waals surface area contributed by atoms with Crippen LogP contribution in [0, 0.1) is 0 Å². The van der Waals surface area contributed by atoms with Crippen LogP contribution >= 0.6 is 0 Å². The summed E-state index contributed by atoms with van der Waals surface area (Å²) in [5, 5.41) is 11.1. The molecular weight excluding hydrogens is 352 g/mol. The number of carbonyl (C=O) groups is 1. The number of hydrogen-bond acceptors (Lipinski definition) is 5. The average molecular weight is 366 g/mol. The van der Waals surface area contributed by atoms with Crippen LogP contribution < -0.4 is 4.72 Å². The number of carbonyl (C=O) groups excluding carboxylic acids is 1. The second kappa shape index (κ2) is 5.76. The van der Waals surface area contributed by atoms with Gasteiger partial charge in [-0.05, 0) is 19.2 Å². The molecule has 0 saturated heterocycles. The lowest BCUT2D eigenvalue weighted by molar-refractivity contribution is 0.105. The van der Waals surface area contributed by atoms with Crippen LogP contribution in [0.5, 0.6) is 0 Å². The standard InChI is InChI=1S/C19H14N2O4S/c1-20-26(24,25)15-8-4-5-11-9-10-14(21-17(11)15)16-18(22)12-6-2-3-7-13(12)19(16)23/h2-10,20,22H,1H3. The SMILES string of the molecule is CNS(=O)(=O)c1cccc2ccc(C3=C(O)c4ccccc4C3=O)nc12. The van der Waals surface area contributed by atoms with Gasteiger partial charge in [0, 0.05) is 16.5 Å². The third-order valence-electron chi connectivity index (χ3n) is 4.39. The van der Waals surface area contributed by atoms with Crippen molar-refractivity contribution in [1.29, 1.82) is 0 Å². The van der Waals surface area contributed by atoms with Gasteiger partial charge in [0.1, 0.15) is 10.7 Å². The Morgan fingerprint density at radius 3 is 2.38 bits per heavy atom. The molecule has 7 heteroatoms. The number of aromatic nitrogens is 1. The lowest BCUT2D eigenvalue weighted by atomic mass is 10.1. The van der Waals surface area contributed by atoms with Crippen molar-refractivity contribution in [1.82, 2.24) is 9.71 Å². The molecule has 1 aliphatic rings. The molecule has 0 unspecified atom stereocenters. The van der Waals surface area contributed by atoms with Crippen LogP contribution in [0.2, 0.25) is 0 Å². The van der Waals surface area contributed by atoms with Gasteiger partial charge in [-0.25, -0.2) is 18.1 Å². The largest absolute Gasteiger partial charge is 0.506 e. The zero-order chi connectivity index (χ0) is 18.5. The topological polar surface area (TPSA) is 96.4 Å². The summed E-state index contributed by atoms with van der Waals surface area (Å²) in [6.45, 7) is 0. The zero-order valence-corrected chi connectivity index (χ0v) is 14.5. The van der Waals surface area contributed by atoms with Crippen molar-refractivity contribution in [2.75, 3.05) is 7.05 Å². The summed E-state index contributed by atoms with van der Waals surface area (Å²) in [6, 6.07) is 14.9. The number of aliphatic hydroxyl groups excluding tert-OH is 1. The highest BCUT2D eigenvalue weighted by Gasteiger charge is 2.31. The van der Waals surface area contributed by atoms with E-state index in [0.717, 1.165) is 0 Å². The van der Waals surface area contributed by atoms with Crippen molar-refractivity contribution in [3.05, 3.63) is 71.4 Å². The molecule has 1 aromatic heterocycles. The number of benzene rings is 2. The van der Waals surface area contributed by atoms with E-state index in [2.05, 4.69) is 9.71 Å². The van der Waals surface area contributed by atoms with E-state index in [0.29, 0.717) is 16.5 Å². The monoisotopic (exact) mass is 366 g/mol. The molecule has 0 spiro atoms. The van der Waals surface area contributed by atoms with Gasteiger partial charge in [-0.1, -0.05) is 42.5 Å². The molecule has 2 N–H and O–H groups in total. The lowest BCUT2D eigenvalue weighted by Gasteiger charge is -2.08. The van der Waals surface area contributed by atoms with Gasteiger partial charge in [0.05, 0.1) is 16.8 Å². The van der Waals surface area contributed by atoms with E-state index in [1.807, 2.05) is 0 Å². The number of nitrogens with zero attached hydrogens (tertiary/aromatic N) is 1. The maximum Gasteiger partial charge on any atom is 0.242 e. The van der Waals surface area contributed by atoms with Crippen molar-refractivity contribution in [3.63, 3.8) is 0 Å². The van der Waals surface area contributed by atoms with Gasteiger partial charge >= 0.3 is 0 Å². The quantitative estimate of drug-likeness (QED) is 0.743. The van der Waals surface area contributed by atoms with Crippen LogP contribution in [0.1, 0.15) is 21.6 Å². The smallest absolute Gasteiger partial charge is 0.242 e. The molecule has 0 radical (unpaired) electrons. The molecule has 0 atom stereocenters. The number of rotatable bonds is 3. The summed E-state index contributed by atoms with van der Waals surface area (Å²) in [6.07, 6.45) is 0. The fourth-order valence-corrected chi connectivity index (χ4v) is 3.98. The second-order valence-corrected chi connectivity index (χ2v) is 7.69. The van der Waals surface area contributed by atoms with Crippen LogP contribution in [0.3, 0.4) is 0 Å². The van der Waals surface area contributed by atoms with Crippen molar-refractivity contribution in [2.45, 2.75) is 4.90 Å². The van der Waals surface area contributed by atoms with Gasteiger partial charge in [-0.3, -0.25) is 4.79 Å². The minimum absolute atomic E-state index is 0.0161. The van der Waals surface area contributed by atoms with E-state index < -0.39 is 10.0 Å². The zero-order valence-electron chi connectivity index (χ0n) is 13.7. The van der Waals surface area contributed by atoms with Gasteiger partial charge in [0.2, 0.25) is 10.0 Å². The van der Waals surface area contributed by atoms with Gasteiger partial charge < -0.3 is 5.11 Å². The first-order valence-corrected chi connectivity index (χ1v) is 9.33. The summed E-state index contributed by atoms with van der Waals surface area (Å²) < 4.78 is 26.8. The predicted octanol–water partition coefficient (Wildman–Crippen LogP) is 2.77. The summed E-state index contributed by atoms with van der Waals surface area (Å²) in [4.78, 5) is 17.1. The van der Waals surface area contributed by atoms with E-state index in [4.69, 9.17) is 0 Å². The van der Waals surface area contributed by atoms with E-state index in [1.54, 1.807) is 48.5 Å². The summed E-state index contributed by atoms with van der Waals surface area (Å²) in [7, 11) is -2.40. The Morgan fingerprint density at radius 1 is 0.962 bits per heavy atom. The molecule has 4 rings (SSSR count). The van der Waals surface area contributed by atoms with E-state index in [9.17, 15) is 18.3 Å². The van der Waals surface area contributed by atoms with E-state index in [-0.39, 0.29) is 33.2 Å². The maximum absolute atomic E-state index is 12.7. The highest BCUT2D eigenvalue weighted by Crippen LogP contribution is 2.36. The Hall–Kier alpha value is -3.03. The summed E-state index contributed by atoms with van der Waals surface area (Å²) in [5.41, 5.74) is 1.40. The van der Waals surface area contributed by atoms with Crippen molar-refractivity contribution >= 4 is 38.0 Å². The fourth-order valence-electron chi connectivity index (χ4n) is 3.09. The van der Waals surface area contributed by atoms with Crippen molar-refractivity contribution in [3.8, 4) is 0 Å². The molecule has 0 aliphatic heterocycles. The number of Topliss-reactive ketones (excluding diaryl/α,β-unsaturated/α-hetero) is 1. The minimum atomic E-state index is -3.72. The molecule has 26 heavy (non-hydrogen) atoms. The van der Waals surface area contributed by atoms with E-state index >= 15 is 0 Å². The van der Waals surface area contributed by atoms with Crippen LogP contribution in [0.15, 0.2) is 59.5 Å². The summed E-state index contributed by atoms with van der Waals surface area (Å²) in [5.74, 6) is -0.481. The molecular formula is C19H14N2O4S. The van der Waals surface area contributed by atoms with E-state index in [1.165, 1.54) is 13.1 Å². The number of sulfonamides is 1. The lowest BCUT2D eigenvalue weighted by Crippen LogP contribution is -2.19. The first-order valence-electron chi connectivity index (χ1n) is 7.85. The summed E-state index contributed by atoms with van der Waals surface area (Å²) >= 11 is 0. The molecule has 0 fully saturated rings. The Morgan fingerprint density at radius 2 is 1.69 bits per heavy atom. The van der Waals surface area contributed by atoms with Crippen molar-refractivity contribution < 1.29 is 18.3 Å². The van der Waals surface area contributed by atoms with Gasteiger partial charge in [0.25, 0.3) is 0 Å². The Bertz CT molecular complexity index is 1210. The number of pyridine rings is 1. The Kier molecular flexibility index (Phi) is 3.64. The molecule has 2 aromatic carbocycles. The van der Waals surface area contributed by atoms with Crippen LogP contribution in [-0.4, -0.2) is 31.3 Å². The molecule has 0 bridgehead atoms. The molecule has 130 valence electrons. The second-order valence-electron chi connectivity index (χ2n) is 5.83. The van der Waals surface area contributed by atoms with Gasteiger partial charge in [-0.2, -0.15) is 0 Å². The number of aliphatic hydroxyl groups is 1. The average Bonchev–Trinajstić information content (AvgIpc) is 2.92. The van der Waals surface area contributed by atoms with Crippen LogP contribution in [-0.2, 0) is 10.0 Å². The number of allylic oxidation sites excluding steroid dienone is 1. The number of ketones is 1. The molecule has 1 heterocycles. The fraction of sp³-hybridized carbons (Fsp3) is 0.0526. The number of para-hydroxylation sites is 1. The van der Waals surface area contributed by atoms with Crippen LogP contribution in [0.4, 0.5) is 0 Å². The number of fused-ring (bicyclic) bond motifs is 2. The first-order chi connectivity index (χ1) is 12.4. The third kappa shape index (κ3) is 2.33. The van der Waals surface area contributed by atoms with Gasteiger partial charge in [-0.15, -0.1) is 0 Å². The van der Waals surface area contributed by atoms with Crippen LogP contribution in [0.25, 0.3) is 22.2 Å². The Balaban J connectivity index is 1.97. The molecule has 3 aromatic rings. The number of nitrogens with one attached hydrogen (secondary N) is 1. The predicted molar refractivity (Wildman–Crippen MR) is 98.2 cm³/mol. The highest BCUT2D eigenvalue weighted by atomic mass is 32.2. The minimum Gasteiger partial charge on any atom is -0.506 e. The maximum atomic E-state index is 12.7. The van der Waals surface area contributed by atoms with Gasteiger partial charge in [0.15, 0.2) is 5.78 Å². The van der Waals surface area contributed by atoms with Crippen molar-refractivity contribution in [2.24, 2.45) is 0 Å². The number of hydrogen-bond donors (Lipinski definition) is 2. The molecule has 1 aliphatic carbocycles. The first kappa shape index (κ1) is 16.4. The Labute approximate surface area is 149 Å². The third-order valence-corrected chi connectivity index (χ3v) is 5.83. The normalized spacial score (nSPS) is 14.1. The molecule has 0 amide bonds. The molecule has 6 nitrogen and oxygen atoms in total. The molecule has 0 saturated carbocycles. The highest BCUT2D eigenvalue weighted by molar-refractivity contribution is 7.89.